The monoisotopic (exact) mass is 262 g/mol. The maximum atomic E-state index is 5.99. The number of allylic oxidation sites excluding steroid dienone is 1. The van der Waals surface area contributed by atoms with E-state index in [1.165, 1.54) is 38.5 Å². The van der Waals surface area contributed by atoms with Gasteiger partial charge in [-0.3, -0.25) is 0 Å². The zero-order valence-corrected chi connectivity index (χ0v) is 13.0. The van der Waals surface area contributed by atoms with Gasteiger partial charge in [-0.25, -0.2) is 0 Å². The van der Waals surface area contributed by atoms with E-state index in [1.807, 2.05) is 0 Å². The normalized spacial score (nSPS) is 47.7. The van der Waals surface area contributed by atoms with Crippen molar-refractivity contribution < 1.29 is 4.74 Å². The van der Waals surface area contributed by atoms with E-state index in [2.05, 4.69) is 33.4 Å². The fourth-order valence-corrected chi connectivity index (χ4v) is 5.78. The Morgan fingerprint density at radius 2 is 1.95 bits per heavy atom. The fraction of sp³-hybridized carbons (Fsp3) is 0.889. The van der Waals surface area contributed by atoms with Crippen LogP contribution in [0, 0.1) is 22.7 Å². The van der Waals surface area contributed by atoms with Crippen LogP contribution in [0.3, 0.4) is 0 Å². The minimum absolute atomic E-state index is 0.266. The van der Waals surface area contributed by atoms with Crippen LogP contribution in [0.4, 0.5) is 0 Å². The van der Waals surface area contributed by atoms with Gasteiger partial charge in [0.1, 0.15) is 0 Å². The van der Waals surface area contributed by atoms with Crippen molar-refractivity contribution in [2.24, 2.45) is 22.7 Å². The van der Waals surface area contributed by atoms with Crippen LogP contribution in [0.25, 0.3) is 0 Å². The van der Waals surface area contributed by atoms with Gasteiger partial charge in [-0.1, -0.05) is 33.3 Å². The summed E-state index contributed by atoms with van der Waals surface area (Å²) in [6.07, 6.45) is 11.4. The van der Waals surface area contributed by atoms with Gasteiger partial charge in [0, 0.05) is 0 Å². The van der Waals surface area contributed by atoms with Gasteiger partial charge in [-0.2, -0.15) is 0 Å². The Hall–Kier alpha value is -0.300. The number of hydrogen-bond donors (Lipinski definition) is 0. The number of rotatable bonds is 3. The topological polar surface area (TPSA) is 12.5 Å². The number of fused-ring (bicyclic) bond motifs is 1. The van der Waals surface area contributed by atoms with Crippen LogP contribution in [0.2, 0.25) is 0 Å². The average Bonchev–Trinajstić information content (AvgIpc) is 3.08. The summed E-state index contributed by atoms with van der Waals surface area (Å²) in [6, 6.07) is 0. The van der Waals surface area contributed by atoms with Gasteiger partial charge in [-0.15, -0.1) is 6.58 Å². The lowest BCUT2D eigenvalue weighted by atomic mass is 9.46. The molecule has 1 aliphatic heterocycles. The van der Waals surface area contributed by atoms with Crippen molar-refractivity contribution >= 4 is 0 Å². The van der Waals surface area contributed by atoms with Crippen LogP contribution >= 0.6 is 0 Å². The molecule has 0 amide bonds. The Labute approximate surface area is 118 Å². The first kappa shape index (κ1) is 13.7. The van der Waals surface area contributed by atoms with Crippen molar-refractivity contribution in [3.05, 3.63) is 12.7 Å². The van der Waals surface area contributed by atoms with E-state index in [9.17, 15) is 0 Å². The second-order valence-electron chi connectivity index (χ2n) is 8.21. The van der Waals surface area contributed by atoms with E-state index in [0.29, 0.717) is 10.8 Å². The maximum Gasteiger partial charge on any atom is 0.0950 e. The summed E-state index contributed by atoms with van der Waals surface area (Å²) in [5.74, 6) is 1.65. The molecule has 1 heterocycles. The summed E-state index contributed by atoms with van der Waals surface area (Å²) in [5.41, 5.74) is 1.29. The van der Waals surface area contributed by atoms with E-state index >= 15 is 0 Å². The predicted octanol–water partition coefficient (Wildman–Crippen LogP) is 4.96. The highest BCUT2D eigenvalue weighted by molar-refractivity contribution is 5.13. The van der Waals surface area contributed by atoms with E-state index in [4.69, 9.17) is 4.74 Å². The highest BCUT2D eigenvalue weighted by atomic mass is 16.6. The molecule has 0 radical (unpaired) electrons. The molecule has 1 saturated heterocycles. The molecule has 108 valence electrons. The standard InChI is InChI=1S/C18H30O/c1-5-6-8-15-17(4)11-7-10-16(2,3)14(17)9-12-18(15)13-19-18/h5,14-15H,1,6-13H2,2-4H3/t14-,15+,17-,18+/m0/s1. The second-order valence-corrected chi connectivity index (χ2v) is 8.21. The maximum absolute atomic E-state index is 5.99. The molecule has 1 spiro atoms. The van der Waals surface area contributed by atoms with Crippen LogP contribution in [-0.4, -0.2) is 12.2 Å². The lowest BCUT2D eigenvalue weighted by Crippen LogP contribution is -2.54. The number of epoxide rings is 1. The number of ether oxygens (including phenoxy) is 1. The molecule has 0 aromatic heterocycles. The Kier molecular flexibility index (Phi) is 3.13. The average molecular weight is 262 g/mol. The van der Waals surface area contributed by atoms with Crippen LogP contribution in [0.15, 0.2) is 12.7 Å². The molecule has 0 N–H and O–H groups in total. The quantitative estimate of drug-likeness (QED) is 0.517. The summed E-state index contributed by atoms with van der Waals surface area (Å²) in [6.45, 7) is 12.5. The summed E-state index contributed by atoms with van der Waals surface area (Å²) < 4.78 is 5.99. The Balaban J connectivity index is 1.91. The van der Waals surface area contributed by atoms with Gasteiger partial charge in [0.05, 0.1) is 12.2 Å². The Morgan fingerprint density at radius 3 is 2.58 bits per heavy atom. The molecule has 0 aromatic rings. The van der Waals surface area contributed by atoms with Crippen LogP contribution in [-0.2, 0) is 4.74 Å². The molecule has 4 atom stereocenters. The Bertz CT molecular complexity index is 366. The second kappa shape index (κ2) is 4.35. The first-order valence-electron chi connectivity index (χ1n) is 8.19. The summed E-state index contributed by atoms with van der Waals surface area (Å²) in [5, 5.41) is 0. The molecule has 1 nitrogen and oxygen atoms in total. The highest BCUT2D eigenvalue weighted by Crippen LogP contribution is 2.66. The van der Waals surface area contributed by atoms with Gasteiger partial charge in [0.15, 0.2) is 0 Å². The van der Waals surface area contributed by atoms with Crippen molar-refractivity contribution in [3.8, 4) is 0 Å². The molecule has 2 aliphatic carbocycles. The molecule has 0 bridgehead atoms. The lowest BCUT2D eigenvalue weighted by molar-refractivity contribution is -0.107. The van der Waals surface area contributed by atoms with E-state index in [0.717, 1.165) is 24.9 Å². The lowest BCUT2D eigenvalue weighted by Gasteiger charge is -2.59. The van der Waals surface area contributed by atoms with Crippen molar-refractivity contribution in [2.75, 3.05) is 6.61 Å². The third-order valence-corrected chi connectivity index (χ3v) is 6.74. The third kappa shape index (κ3) is 2.00. The van der Waals surface area contributed by atoms with E-state index < -0.39 is 0 Å². The zero-order valence-electron chi connectivity index (χ0n) is 13.0. The predicted molar refractivity (Wildman–Crippen MR) is 80.1 cm³/mol. The fourth-order valence-electron chi connectivity index (χ4n) is 5.78. The van der Waals surface area contributed by atoms with Gasteiger partial charge >= 0.3 is 0 Å². The van der Waals surface area contributed by atoms with Crippen molar-refractivity contribution in [2.45, 2.75) is 71.3 Å². The summed E-state index contributed by atoms with van der Waals surface area (Å²) in [4.78, 5) is 0. The van der Waals surface area contributed by atoms with Crippen molar-refractivity contribution in [3.63, 3.8) is 0 Å². The molecule has 3 fully saturated rings. The molecule has 1 heteroatoms. The molecule has 0 unspecified atom stereocenters. The Morgan fingerprint density at radius 1 is 1.21 bits per heavy atom. The third-order valence-electron chi connectivity index (χ3n) is 6.74. The first-order chi connectivity index (χ1) is 8.95. The largest absolute Gasteiger partial charge is 0.369 e. The highest BCUT2D eigenvalue weighted by Gasteiger charge is 2.64. The minimum atomic E-state index is 0.266. The molecule has 3 rings (SSSR count). The van der Waals surface area contributed by atoms with Gasteiger partial charge in [-0.05, 0) is 61.2 Å². The van der Waals surface area contributed by atoms with E-state index in [1.54, 1.807) is 0 Å². The summed E-state index contributed by atoms with van der Waals surface area (Å²) >= 11 is 0. The smallest absolute Gasteiger partial charge is 0.0950 e. The summed E-state index contributed by atoms with van der Waals surface area (Å²) in [7, 11) is 0. The molecule has 19 heavy (non-hydrogen) atoms. The van der Waals surface area contributed by atoms with Gasteiger partial charge < -0.3 is 4.74 Å². The molecule has 3 aliphatic rings. The van der Waals surface area contributed by atoms with Crippen LogP contribution in [0.5, 0.6) is 0 Å². The molecule has 0 aromatic carbocycles. The zero-order chi connectivity index (χ0) is 13.7. The van der Waals surface area contributed by atoms with Crippen molar-refractivity contribution in [1.82, 2.24) is 0 Å². The van der Waals surface area contributed by atoms with Gasteiger partial charge in [0.25, 0.3) is 0 Å². The SMILES string of the molecule is C=CCC[C@H]1[C@@]2(CC[C@H]3C(C)(C)CCC[C@@]31C)CO2. The molecular formula is C18H30O. The van der Waals surface area contributed by atoms with E-state index in [-0.39, 0.29) is 5.60 Å². The molecule has 2 saturated carbocycles. The minimum Gasteiger partial charge on any atom is -0.369 e. The number of hydrogen-bond acceptors (Lipinski definition) is 1. The van der Waals surface area contributed by atoms with Crippen molar-refractivity contribution in [1.29, 1.82) is 0 Å². The van der Waals surface area contributed by atoms with Gasteiger partial charge in [0.2, 0.25) is 0 Å². The molecular weight excluding hydrogens is 232 g/mol. The first-order valence-corrected chi connectivity index (χ1v) is 8.19. The van der Waals surface area contributed by atoms with Crippen LogP contribution in [0.1, 0.15) is 65.7 Å². The van der Waals surface area contributed by atoms with Crippen LogP contribution < -0.4 is 0 Å².